The third-order valence-corrected chi connectivity index (χ3v) is 5.11. The lowest BCUT2D eigenvalue weighted by Crippen LogP contribution is -2.49. The maximum atomic E-state index is 12.3. The summed E-state index contributed by atoms with van der Waals surface area (Å²) in [5, 5.41) is 10.8. The standard InChI is InChI=1S/C18H25NO2/c1-14-4-3-5-15(12-14)13-18(21)8-10-19(11-9-18)16(20)17(2)6-7-17/h3-5,12,21H,6-11,13H2,1-2H3. The van der Waals surface area contributed by atoms with Gasteiger partial charge in [-0.05, 0) is 38.2 Å². The van der Waals surface area contributed by atoms with Crippen LogP contribution in [0, 0.1) is 12.3 Å². The summed E-state index contributed by atoms with van der Waals surface area (Å²) in [5.74, 6) is 0.292. The number of aliphatic hydroxyl groups is 1. The van der Waals surface area contributed by atoms with Crippen LogP contribution in [0.5, 0.6) is 0 Å². The number of benzene rings is 1. The Hall–Kier alpha value is -1.35. The van der Waals surface area contributed by atoms with Crippen molar-refractivity contribution in [2.45, 2.75) is 51.6 Å². The minimum Gasteiger partial charge on any atom is -0.389 e. The number of carbonyl (C=O) groups excluding carboxylic acids is 1. The van der Waals surface area contributed by atoms with Crippen LogP contribution < -0.4 is 0 Å². The van der Waals surface area contributed by atoms with Crippen LogP contribution in [-0.2, 0) is 11.2 Å². The van der Waals surface area contributed by atoms with Crippen molar-refractivity contribution in [2.75, 3.05) is 13.1 Å². The molecular formula is C18H25NO2. The summed E-state index contributed by atoms with van der Waals surface area (Å²) < 4.78 is 0. The molecule has 1 N–H and O–H groups in total. The van der Waals surface area contributed by atoms with E-state index in [2.05, 4.69) is 32.0 Å². The van der Waals surface area contributed by atoms with Gasteiger partial charge in [-0.2, -0.15) is 0 Å². The lowest BCUT2D eigenvalue weighted by molar-refractivity contribution is -0.140. The van der Waals surface area contributed by atoms with E-state index in [0.717, 1.165) is 12.8 Å². The van der Waals surface area contributed by atoms with Gasteiger partial charge >= 0.3 is 0 Å². The fraction of sp³-hybridized carbons (Fsp3) is 0.611. The number of aryl methyl sites for hydroxylation is 1. The van der Waals surface area contributed by atoms with Gasteiger partial charge in [0.1, 0.15) is 0 Å². The third kappa shape index (κ3) is 3.13. The van der Waals surface area contributed by atoms with Gasteiger partial charge in [0.05, 0.1) is 5.60 Å². The van der Waals surface area contributed by atoms with Gasteiger partial charge in [-0.15, -0.1) is 0 Å². The van der Waals surface area contributed by atoms with Gasteiger partial charge in [-0.1, -0.05) is 36.8 Å². The largest absolute Gasteiger partial charge is 0.389 e. The van der Waals surface area contributed by atoms with Crippen LogP contribution >= 0.6 is 0 Å². The van der Waals surface area contributed by atoms with Gasteiger partial charge in [0.25, 0.3) is 0 Å². The van der Waals surface area contributed by atoms with E-state index in [0.29, 0.717) is 38.3 Å². The first kappa shape index (κ1) is 14.6. The highest BCUT2D eigenvalue weighted by atomic mass is 16.3. The molecule has 1 aromatic rings. The summed E-state index contributed by atoms with van der Waals surface area (Å²) in [6.45, 7) is 5.52. The highest BCUT2D eigenvalue weighted by molar-refractivity contribution is 5.85. The molecule has 2 fully saturated rings. The molecule has 1 aliphatic heterocycles. The van der Waals surface area contributed by atoms with E-state index in [1.807, 2.05) is 11.0 Å². The Kier molecular flexibility index (Phi) is 3.56. The summed E-state index contributed by atoms with van der Waals surface area (Å²) in [7, 11) is 0. The number of rotatable bonds is 3. The lowest BCUT2D eigenvalue weighted by atomic mass is 9.84. The van der Waals surface area contributed by atoms with Crippen molar-refractivity contribution in [2.24, 2.45) is 5.41 Å². The van der Waals surface area contributed by atoms with Crippen LogP contribution in [0.25, 0.3) is 0 Å². The Morgan fingerprint density at radius 3 is 2.48 bits per heavy atom. The first-order valence-corrected chi connectivity index (χ1v) is 7.98. The van der Waals surface area contributed by atoms with E-state index in [4.69, 9.17) is 0 Å². The van der Waals surface area contributed by atoms with E-state index >= 15 is 0 Å². The molecule has 3 rings (SSSR count). The van der Waals surface area contributed by atoms with Crippen molar-refractivity contribution in [1.82, 2.24) is 4.90 Å². The van der Waals surface area contributed by atoms with Gasteiger partial charge < -0.3 is 10.0 Å². The smallest absolute Gasteiger partial charge is 0.228 e. The van der Waals surface area contributed by atoms with Gasteiger partial charge in [0.2, 0.25) is 5.91 Å². The van der Waals surface area contributed by atoms with Crippen molar-refractivity contribution in [3.8, 4) is 0 Å². The zero-order chi connectivity index (χ0) is 15.1. The number of likely N-dealkylation sites (tertiary alicyclic amines) is 1. The fourth-order valence-corrected chi connectivity index (χ4v) is 3.29. The maximum Gasteiger partial charge on any atom is 0.228 e. The molecule has 0 bridgehead atoms. The van der Waals surface area contributed by atoms with Gasteiger partial charge in [-0.3, -0.25) is 4.79 Å². The molecule has 0 atom stereocenters. The molecule has 0 spiro atoms. The second-order valence-electron chi connectivity index (χ2n) is 7.24. The van der Waals surface area contributed by atoms with Crippen LogP contribution in [0.1, 0.15) is 43.7 Å². The molecule has 21 heavy (non-hydrogen) atoms. The topological polar surface area (TPSA) is 40.5 Å². The molecule has 1 saturated heterocycles. The molecule has 1 aromatic carbocycles. The van der Waals surface area contributed by atoms with Crippen molar-refractivity contribution in [3.63, 3.8) is 0 Å². The first-order valence-electron chi connectivity index (χ1n) is 7.98. The molecule has 0 radical (unpaired) electrons. The van der Waals surface area contributed by atoms with E-state index in [1.165, 1.54) is 11.1 Å². The summed E-state index contributed by atoms with van der Waals surface area (Å²) in [6, 6.07) is 8.33. The number of carbonyl (C=O) groups is 1. The predicted octanol–water partition coefficient (Wildman–Crippen LogP) is 2.69. The van der Waals surface area contributed by atoms with Gasteiger partial charge in [0.15, 0.2) is 0 Å². The summed E-state index contributed by atoms with van der Waals surface area (Å²) in [4.78, 5) is 14.3. The summed E-state index contributed by atoms with van der Waals surface area (Å²) in [6.07, 6.45) is 4.10. The van der Waals surface area contributed by atoms with Gasteiger partial charge in [-0.25, -0.2) is 0 Å². The minimum atomic E-state index is -0.658. The van der Waals surface area contributed by atoms with Crippen LogP contribution in [0.4, 0.5) is 0 Å². The molecule has 0 aromatic heterocycles. The first-order chi connectivity index (χ1) is 9.90. The number of amides is 1. The van der Waals surface area contributed by atoms with Crippen LogP contribution in [0.15, 0.2) is 24.3 Å². The summed E-state index contributed by atoms with van der Waals surface area (Å²) in [5.41, 5.74) is 1.66. The van der Waals surface area contributed by atoms with Crippen LogP contribution in [-0.4, -0.2) is 34.6 Å². The molecule has 0 unspecified atom stereocenters. The predicted molar refractivity (Wildman–Crippen MR) is 83.0 cm³/mol. The molecule has 1 amide bonds. The van der Waals surface area contributed by atoms with Crippen LogP contribution in [0.3, 0.4) is 0 Å². The maximum absolute atomic E-state index is 12.3. The third-order valence-electron chi connectivity index (χ3n) is 5.11. The Morgan fingerprint density at radius 2 is 1.90 bits per heavy atom. The minimum absolute atomic E-state index is 0.0913. The Bertz CT molecular complexity index is 540. The zero-order valence-corrected chi connectivity index (χ0v) is 13.1. The lowest BCUT2D eigenvalue weighted by Gasteiger charge is -2.39. The van der Waals surface area contributed by atoms with Crippen molar-refractivity contribution in [3.05, 3.63) is 35.4 Å². The number of hydrogen-bond acceptors (Lipinski definition) is 2. The number of hydrogen-bond donors (Lipinski definition) is 1. The van der Waals surface area contributed by atoms with E-state index < -0.39 is 5.60 Å². The van der Waals surface area contributed by atoms with Crippen LogP contribution in [0.2, 0.25) is 0 Å². The molecule has 3 heteroatoms. The molecule has 114 valence electrons. The Morgan fingerprint density at radius 1 is 1.24 bits per heavy atom. The van der Waals surface area contributed by atoms with E-state index in [-0.39, 0.29) is 5.41 Å². The fourth-order valence-electron chi connectivity index (χ4n) is 3.29. The summed E-state index contributed by atoms with van der Waals surface area (Å²) >= 11 is 0. The normalized spacial score (nSPS) is 22.9. The Balaban J connectivity index is 1.60. The second kappa shape index (κ2) is 5.13. The van der Waals surface area contributed by atoms with E-state index in [1.54, 1.807) is 0 Å². The molecule has 3 nitrogen and oxygen atoms in total. The zero-order valence-electron chi connectivity index (χ0n) is 13.1. The van der Waals surface area contributed by atoms with Crippen molar-refractivity contribution >= 4 is 5.91 Å². The number of nitrogens with zero attached hydrogens (tertiary/aromatic N) is 1. The second-order valence-corrected chi connectivity index (χ2v) is 7.24. The molecule has 1 saturated carbocycles. The highest BCUT2D eigenvalue weighted by Gasteiger charge is 2.48. The SMILES string of the molecule is Cc1cccc(CC2(O)CCN(C(=O)C3(C)CC3)CC2)c1. The molecule has 1 aliphatic carbocycles. The quantitative estimate of drug-likeness (QED) is 0.928. The molecule has 1 heterocycles. The highest BCUT2D eigenvalue weighted by Crippen LogP contribution is 2.47. The average molecular weight is 287 g/mol. The average Bonchev–Trinajstić information content (AvgIpc) is 3.18. The monoisotopic (exact) mass is 287 g/mol. The van der Waals surface area contributed by atoms with Crippen molar-refractivity contribution < 1.29 is 9.90 Å². The molecule has 2 aliphatic rings. The van der Waals surface area contributed by atoms with Crippen molar-refractivity contribution in [1.29, 1.82) is 0 Å². The van der Waals surface area contributed by atoms with E-state index in [9.17, 15) is 9.90 Å². The molecular weight excluding hydrogens is 262 g/mol. The Labute approximate surface area is 127 Å². The number of piperidine rings is 1. The van der Waals surface area contributed by atoms with Gasteiger partial charge in [0, 0.05) is 24.9 Å².